The van der Waals surface area contributed by atoms with Crippen LogP contribution in [0, 0.1) is 23.1 Å². The maximum absolute atomic E-state index is 13.7. The van der Waals surface area contributed by atoms with Gasteiger partial charge in [-0.05, 0) is 77.5 Å². The minimum absolute atomic E-state index is 0.156. The standard InChI is InChI=1S/C18H27BrFN/c1-18(2,3)14-8-9-16(21-4)13(11-14)10-12-6-5-7-15(20)17(12)19/h5-7,13-14,16,21H,8-11H2,1-4H3. The Bertz CT molecular complexity index is 481. The fourth-order valence-corrected chi connectivity index (χ4v) is 4.07. The van der Waals surface area contributed by atoms with Crippen molar-refractivity contribution in [3.8, 4) is 0 Å². The summed E-state index contributed by atoms with van der Waals surface area (Å²) < 4.78 is 14.4. The first-order chi connectivity index (χ1) is 9.82. The average molecular weight is 356 g/mol. The maximum Gasteiger partial charge on any atom is 0.137 e. The zero-order chi connectivity index (χ0) is 15.6. The molecule has 0 bridgehead atoms. The van der Waals surface area contributed by atoms with Gasteiger partial charge in [0, 0.05) is 6.04 Å². The molecule has 1 saturated carbocycles. The van der Waals surface area contributed by atoms with Crippen LogP contribution in [-0.2, 0) is 6.42 Å². The predicted octanol–water partition coefficient (Wildman–Crippen LogP) is 5.18. The van der Waals surface area contributed by atoms with Crippen LogP contribution in [-0.4, -0.2) is 13.1 Å². The molecule has 1 aliphatic rings. The first-order valence-corrected chi connectivity index (χ1v) is 8.72. The van der Waals surface area contributed by atoms with Gasteiger partial charge in [0.05, 0.1) is 4.47 Å². The third-order valence-electron chi connectivity index (χ3n) is 5.09. The second-order valence-electron chi connectivity index (χ2n) is 7.45. The molecule has 1 aliphatic carbocycles. The minimum Gasteiger partial charge on any atom is -0.317 e. The summed E-state index contributed by atoms with van der Waals surface area (Å²) in [5.41, 5.74) is 1.45. The molecule has 1 N–H and O–H groups in total. The average Bonchev–Trinajstić information content (AvgIpc) is 2.43. The van der Waals surface area contributed by atoms with Gasteiger partial charge < -0.3 is 5.32 Å². The molecule has 0 radical (unpaired) electrons. The highest BCUT2D eigenvalue weighted by molar-refractivity contribution is 9.10. The highest BCUT2D eigenvalue weighted by Crippen LogP contribution is 2.41. The number of hydrogen-bond acceptors (Lipinski definition) is 1. The predicted molar refractivity (Wildman–Crippen MR) is 90.9 cm³/mol. The molecular formula is C18H27BrFN. The van der Waals surface area contributed by atoms with Gasteiger partial charge in [0.1, 0.15) is 5.82 Å². The fourth-order valence-electron chi connectivity index (χ4n) is 3.64. The maximum atomic E-state index is 13.7. The van der Waals surface area contributed by atoms with E-state index in [1.165, 1.54) is 25.3 Å². The van der Waals surface area contributed by atoms with Crippen molar-refractivity contribution in [3.05, 3.63) is 34.1 Å². The second-order valence-corrected chi connectivity index (χ2v) is 8.24. The Balaban J connectivity index is 2.16. The van der Waals surface area contributed by atoms with Crippen LogP contribution < -0.4 is 5.32 Å². The first-order valence-electron chi connectivity index (χ1n) is 7.93. The smallest absolute Gasteiger partial charge is 0.137 e. The van der Waals surface area contributed by atoms with E-state index < -0.39 is 0 Å². The van der Waals surface area contributed by atoms with Gasteiger partial charge in [0.15, 0.2) is 0 Å². The van der Waals surface area contributed by atoms with Crippen molar-refractivity contribution in [1.29, 1.82) is 0 Å². The monoisotopic (exact) mass is 355 g/mol. The Morgan fingerprint density at radius 2 is 2.00 bits per heavy atom. The lowest BCUT2D eigenvalue weighted by molar-refractivity contribution is 0.116. The quantitative estimate of drug-likeness (QED) is 0.787. The number of rotatable bonds is 3. The third kappa shape index (κ3) is 4.07. The van der Waals surface area contributed by atoms with Crippen LogP contribution in [0.25, 0.3) is 0 Å². The number of nitrogens with one attached hydrogen (secondary N) is 1. The lowest BCUT2D eigenvalue weighted by Gasteiger charge is -2.42. The molecule has 2 rings (SSSR count). The van der Waals surface area contributed by atoms with E-state index in [1.54, 1.807) is 0 Å². The van der Waals surface area contributed by atoms with E-state index in [0.717, 1.165) is 17.9 Å². The van der Waals surface area contributed by atoms with Gasteiger partial charge in [-0.3, -0.25) is 0 Å². The van der Waals surface area contributed by atoms with Crippen LogP contribution in [0.3, 0.4) is 0 Å². The summed E-state index contributed by atoms with van der Waals surface area (Å²) in [5.74, 6) is 1.17. The highest BCUT2D eigenvalue weighted by Gasteiger charge is 2.35. The van der Waals surface area contributed by atoms with Gasteiger partial charge in [-0.15, -0.1) is 0 Å². The molecule has 0 aromatic heterocycles. The molecule has 3 unspecified atom stereocenters. The number of hydrogen-bond donors (Lipinski definition) is 1. The van der Waals surface area contributed by atoms with E-state index in [4.69, 9.17) is 0 Å². The Morgan fingerprint density at radius 3 is 2.62 bits per heavy atom. The zero-order valence-corrected chi connectivity index (χ0v) is 15.1. The Labute approximate surface area is 136 Å². The Kier molecular flexibility index (Phi) is 5.48. The lowest BCUT2D eigenvalue weighted by atomic mass is 9.66. The van der Waals surface area contributed by atoms with Crippen LogP contribution in [0.4, 0.5) is 4.39 Å². The molecule has 0 heterocycles. The van der Waals surface area contributed by atoms with E-state index in [0.29, 0.717) is 21.8 Å². The van der Waals surface area contributed by atoms with Crippen molar-refractivity contribution in [2.24, 2.45) is 17.3 Å². The summed E-state index contributed by atoms with van der Waals surface area (Å²) in [4.78, 5) is 0. The molecule has 0 aliphatic heterocycles. The van der Waals surface area contributed by atoms with Crippen LogP contribution in [0.2, 0.25) is 0 Å². The SMILES string of the molecule is CNC1CCC(C(C)(C)C)CC1Cc1cccc(F)c1Br. The number of halogens is 2. The van der Waals surface area contributed by atoms with Crippen molar-refractivity contribution in [1.82, 2.24) is 5.32 Å². The van der Waals surface area contributed by atoms with Crippen molar-refractivity contribution in [2.45, 2.75) is 52.5 Å². The molecule has 118 valence electrons. The summed E-state index contributed by atoms with van der Waals surface area (Å²) in [6.45, 7) is 7.02. The van der Waals surface area contributed by atoms with Crippen LogP contribution >= 0.6 is 15.9 Å². The Morgan fingerprint density at radius 1 is 1.29 bits per heavy atom. The first kappa shape index (κ1) is 17.0. The van der Waals surface area contributed by atoms with Gasteiger partial charge in [-0.2, -0.15) is 0 Å². The highest BCUT2D eigenvalue weighted by atomic mass is 79.9. The molecule has 0 spiro atoms. The summed E-state index contributed by atoms with van der Waals surface area (Å²) in [7, 11) is 2.05. The van der Waals surface area contributed by atoms with Crippen LogP contribution in [0.15, 0.2) is 22.7 Å². The normalized spacial score (nSPS) is 26.9. The van der Waals surface area contributed by atoms with Crippen molar-refractivity contribution in [3.63, 3.8) is 0 Å². The molecule has 0 saturated heterocycles. The lowest BCUT2D eigenvalue weighted by Crippen LogP contribution is -2.42. The topological polar surface area (TPSA) is 12.0 Å². The molecule has 1 aromatic carbocycles. The molecule has 3 atom stereocenters. The second kappa shape index (κ2) is 6.78. The molecule has 0 amide bonds. The van der Waals surface area contributed by atoms with E-state index >= 15 is 0 Å². The molecule has 3 heteroatoms. The van der Waals surface area contributed by atoms with Crippen molar-refractivity contribution in [2.75, 3.05) is 7.05 Å². The van der Waals surface area contributed by atoms with Gasteiger partial charge in [0.2, 0.25) is 0 Å². The van der Waals surface area contributed by atoms with E-state index in [2.05, 4.69) is 49.1 Å². The zero-order valence-electron chi connectivity index (χ0n) is 13.5. The summed E-state index contributed by atoms with van der Waals surface area (Å²) in [5, 5.41) is 3.47. The van der Waals surface area contributed by atoms with Gasteiger partial charge in [0.25, 0.3) is 0 Å². The van der Waals surface area contributed by atoms with Crippen molar-refractivity contribution >= 4 is 15.9 Å². The molecule has 1 nitrogen and oxygen atoms in total. The van der Waals surface area contributed by atoms with Gasteiger partial charge in [-0.1, -0.05) is 32.9 Å². The number of benzene rings is 1. The molecule has 1 fully saturated rings. The van der Waals surface area contributed by atoms with Gasteiger partial charge >= 0.3 is 0 Å². The summed E-state index contributed by atoms with van der Waals surface area (Å²) in [6, 6.07) is 5.91. The fraction of sp³-hybridized carbons (Fsp3) is 0.667. The minimum atomic E-state index is -0.156. The van der Waals surface area contributed by atoms with Crippen LogP contribution in [0.5, 0.6) is 0 Å². The van der Waals surface area contributed by atoms with Crippen molar-refractivity contribution < 1.29 is 4.39 Å². The molecule has 21 heavy (non-hydrogen) atoms. The van der Waals surface area contributed by atoms with E-state index in [1.807, 2.05) is 12.1 Å². The van der Waals surface area contributed by atoms with E-state index in [-0.39, 0.29) is 5.82 Å². The molecular weight excluding hydrogens is 329 g/mol. The van der Waals surface area contributed by atoms with E-state index in [9.17, 15) is 4.39 Å². The summed E-state index contributed by atoms with van der Waals surface area (Å²) >= 11 is 3.41. The Hall–Kier alpha value is -0.410. The third-order valence-corrected chi connectivity index (χ3v) is 5.98. The van der Waals surface area contributed by atoms with Gasteiger partial charge in [-0.25, -0.2) is 4.39 Å². The summed E-state index contributed by atoms with van der Waals surface area (Å²) in [6.07, 6.45) is 4.67. The molecule has 1 aromatic rings. The van der Waals surface area contributed by atoms with Crippen LogP contribution in [0.1, 0.15) is 45.6 Å². The largest absolute Gasteiger partial charge is 0.317 e.